The van der Waals surface area contributed by atoms with E-state index in [-0.39, 0.29) is 11.8 Å². The number of halogens is 4. The summed E-state index contributed by atoms with van der Waals surface area (Å²) in [6.07, 6.45) is -2.33. The number of alkyl halides is 3. The van der Waals surface area contributed by atoms with E-state index in [9.17, 15) is 22.4 Å². The van der Waals surface area contributed by atoms with Gasteiger partial charge in [-0.2, -0.15) is 13.2 Å². The first kappa shape index (κ1) is 26.1. The average Bonchev–Trinajstić information content (AvgIpc) is 2.96. The highest BCUT2D eigenvalue weighted by molar-refractivity contribution is 5.89. The van der Waals surface area contributed by atoms with Crippen LogP contribution in [-0.2, 0) is 24.4 Å². The molecule has 12 heteroatoms. The molecule has 0 atom stereocenters. The topological polar surface area (TPSA) is 90.7 Å². The molecule has 0 saturated carbocycles. The third-order valence-electron chi connectivity index (χ3n) is 5.11. The summed E-state index contributed by atoms with van der Waals surface area (Å²) < 4.78 is 46.9. The molecule has 8 nitrogen and oxygen atoms in total. The molecular formula is C21H27F4N5O3. The smallest absolute Gasteiger partial charge is 0.475 e. The van der Waals surface area contributed by atoms with Gasteiger partial charge in [0.2, 0.25) is 0 Å². The van der Waals surface area contributed by atoms with Crippen molar-refractivity contribution >= 4 is 17.7 Å². The van der Waals surface area contributed by atoms with E-state index in [1.807, 2.05) is 6.33 Å². The number of hydrogen-bond donors (Lipinski definition) is 2. The van der Waals surface area contributed by atoms with Crippen LogP contribution in [-0.4, -0.2) is 62.3 Å². The third kappa shape index (κ3) is 7.74. The van der Waals surface area contributed by atoms with Crippen LogP contribution in [0.5, 0.6) is 0 Å². The molecule has 0 saturated heterocycles. The predicted molar refractivity (Wildman–Crippen MR) is 113 cm³/mol. The summed E-state index contributed by atoms with van der Waals surface area (Å²) in [6, 6.07) is 6.07. The fourth-order valence-corrected chi connectivity index (χ4v) is 2.98. The van der Waals surface area contributed by atoms with Gasteiger partial charge in [-0.1, -0.05) is 0 Å². The van der Waals surface area contributed by atoms with Crippen LogP contribution in [0.4, 0.5) is 28.0 Å². The molecule has 3 rings (SSSR count). The van der Waals surface area contributed by atoms with Crippen LogP contribution in [0.25, 0.3) is 0 Å². The van der Waals surface area contributed by atoms with E-state index >= 15 is 0 Å². The first-order chi connectivity index (χ1) is 15.4. The standard InChI is InChI=1S/C19H26FN5O.C2HF3O2/c1-14(2)23(3)11-17-18-12-24(9-4-10-25(18)13-21-17)19(26)22-16-7-5-15(20)6-8-16;3-2(4,5)1(6)7/h5-8,13-14H,4,9-12H2,1-3H3,(H,22,26);(H,6,7). The highest BCUT2D eigenvalue weighted by Crippen LogP contribution is 2.19. The van der Waals surface area contributed by atoms with Gasteiger partial charge in [-0.15, -0.1) is 0 Å². The van der Waals surface area contributed by atoms with E-state index in [1.54, 1.807) is 17.0 Å². The van der Waals surface area contributed by atoms with Gasteiger partial charge in [-0.25, -0.2) is 19.0 Å². The maximum atomic E-state index is 13.0. The van der Waals surface area contributed by atoms with E-state index in [1.165, 1.54) is 12.1 Å². The van der Waals surface area contributed by atoms with Crippen molar-refractivity contribution in [2.45, 2.75) is 52.1 Å². The van der Waals surface area contributed by atoms with Crippen molar-refractivity contribution < 1.29 is 32.3 Å². The molecule has 2 aromatic rings. The van der Waals surface area contributed by atoms with Crippen LogP contribution >= 0.6 is 0 Å². The number of carbonyl (C=O) groups is 2. The Kier molecular flexibility index (Phi) is 8.80. The van der Waals surface area contributed by atoms with Crippen LogP contribution in [0.1, 0.15) is 31.7 Å². The largest absolute Gasteiger partial charge is 0.490 e. The van der Waals surface area contributed by atoms with Crippen molar-refractivity contribution in [2.75, 3.05) is 18.9 Å². The highest BCUT2D eigenvalue weighted by Gasteiger charge is 2.38. The zero-order valence-electron chi connectivity index (χ0n) is 18.6. The number of amides is 2. The number of nitrogens with one attached hydrogen (secondary N) is 1. The lowest BCUT2D eigenvalue weighted by molar-refractivity contribution is -0.192. The minimum atomic E-state index is -5.08. The second-order valence-corrected chi connectivity index (χ2v) is 7.86. The third-order valence-corrected chi connectivity index (χ3v) is 5.11. The Hall–Kier alpha value is -3.15. The number of carbonyl (C=O) groups excluding carboxylic acids is 1. The Labute approximate surface area is 188 Å². The minimum absolute atomic E-state index is 0.172. The van der Waals surface area contributed by atoms with Gasteiger partial charge in [-0.05, 0) is 51.6 Å². The lowest BCUT2D eigenvalue weighted by Gasteiger charge is -2.23. The summed E-state index contributed by atoms with van der Waals surface area (Å²) in [6.45, 7) is 7.11. The lowest BCUT2D eigenvalue weighted by atomic mass is 10.2. The zero-order chi connectivity index (χ0) is 24.8. The molecule has 0 aliphatic carbocycles. The molecule has 182 valence electrons. The number of carboxylic acids is 1. The Morgan fingerprint density at radius 2 is 1.82 bits per heavy atom. The van der Waals surface area contributed by atoms with Crippen LogP contribution in [0.15, 0.2) is 30.6 Å². The number of aromatic nitrogens is 2. The molecule has 1 aliphatic rings. The van der Waals surface area contributed by atoms with Crippen LogP contribution in [0, 0.1) is 5.82 Å². The van der Waals surface area contributed by atoms with Gasteiger partial charge < -0.3 is 19.9 Å². The van der Waals surface area contributed by atoms with E-state index < -0.39 is 12.1 Å². The van der Waals surface area contributed by atoms with E-state index in [2.05, 4.69) is 40.7 Å². The van der Waals surface area contributed by atoms with E-state index in [4.69, 9.17) is 9.90 Å². The summed E-state index contributed by atoms with van der Waals surface area (Å²) in [5, 5.41) is 9.97. The van der Waals surface area contributed by atoms with Crippen molar-refractivity contribution in [3.63, 3.8) is 0 Å². The van der Waals surface area contributed by atoms with Crippen molar-refractivity contribution in [1.29, 1.82) is 0 Å². The molecule has 1 aromatic carbocycles. The number of aryl methyl sites for hydroxylation is 1. The minimum Gasteiger partial charge on any atom is -0.475 e. The molecule has 33 heavy (non-hydrogen) atoms. The SMILES string of the molecule is CC(C)N(C)Cc1ncn2c1CN(C(=O)Nc1ccc(F)cc1)CCC2.O=C(O)C(F)(F)F. The molecule has 2 amide bonds. The molecule has 2 heterocycles. The van der Waals surface area contributed by atoms with E-state index in [0.29, 0.717) is 24.8 Å². The van der Waals surface area contributed by atoms with Gasteiger partial charge in [0.05, 0.1) is 24.3 Å². The summed E-state index contributed by atoms with van der Waals surface area (Å²) in [5.41, 5.74) is 2.70. The molecular weight excluding hydrogens is 446 g/mol. The van der Waals surface area contributed by atoms with Gasteiger partial charge >= 0.3 is 18.2 Å². The summed E-state index contributed by atoms with van der Waals surface area (Å²) >= 11 is 0. The number of hydrogen-bond acceptors (Lipinski definition) is 4. The van der Waals surface area contributed by atoms with Crippen LogP contribution in [0.2, 0.25) is 0 Å². The Morgan fingerprint density at radius 1 is 1.21 bits per heavy atom. The molecule has 2 N–H and O–H groups in total. The number of fused-ring (bicyclic) bond motifs is 1. The van der Waals surface area contributed by atoms with Gasteiger partial charge in [0.15, 0.2) is 0 Å². The predicted octanol–water partition coefficient (Wildman–Crippen LogP) is 3.93. The monoisotopic (exact) mass is 473 g/mol. The van der Waals surface area contributed by atoms with Crippen molar-refractivity contribution in [1.82, 2.24) is 19.4 Å². The number of benzene rings is 1. The van der Waals surface area contributed by atoms with Crippen LogP contribution in [0.3, 0.4) is 0 Å². The Bertz CT molecular complexity index is 944. The number of carboxylic acid groups (broad SMARTS) is 1. The molecule has 1 aliphatic heterocycles. The maximum absolute atomic E-state index is 13.0. The lowest BCUT2D eigenvalue weighted by Crippen LogP contribution is -2.35. The molecule has 0 unspecified atom stereocenters. The average molecular weight is 473 g/mol. The van der Waals surface area contributed by atoms with Gasteiger partial charge in [0, 0.05) is 31.4 Å². The van der Waals surface area contributed by atoms with E-state index in [0.717, 1.165) is 30.9 Å². The molecule has 0 bridgehead atoms. The zero-order valence-corrected chi connectivity index (χ0v) is 18.6. The van der Waals surface area contributed by atoms with Crippen molar-refractivity contribution in [2.24, 2.45) is 0 Å². The highest BCUT2D eigenvalue weighted by atomic mass is 19.4. The normalized spacial score (nSPS) is 13.8. The van der Waals surface area contributed by atoms with Gasteiger partial charge in [0.1, 0.15) is 5.82 Å². The fourth-order valence-electron chi connectivity index (χ4n) is 2.98. The number of imidazole rings is 1. The Balaban J connectivity index is 0.000000479. The number of urea groups is 1. The van der Waals surface area contributed by atoms with Crippen LogP contribution < -0.4 is 5.32 Å². The quantitative estimate of drug-likeness (QED) is 0.657. The summed E-state index contributed by atoms with van der Waals surface area (Å²) in [7, 11) is 2.08. The van der Waals surface area contributed by atoms with Crippen molar-refractivity contribution in [3.05, 3.63) is 47.8 Å². The second kappa shape index (κ2) is 11.1. The number of anilines is 1. The van der Waals surface area contributed by atoms with Gasteiger partial charge in [0.25, 0.3) is 0 Å². The molecule has 1 aromatic heterocycles. The first-order valence-corrected chi connectivity index (χ1v) is 10.2. The summed E-state index contributed by atoms with van der Waals surface area (Å²) in [4.78, 5) is 30.2. The fraction of sp³-hybridized carbons (Fsp3) is 0.476. The number of nitrogens with zero attached hydrogens (tertiary/aromatic N) is 4. The molecule has 0 fully saturated rings. The maximum Gasteiger partial charge on any atom is 0.490 e. The van der Waals surface area contributed by atoms with Gasteiger partial charge in [-0.3, -0.25) is 4.90 Å². The number of aliphatic carboxylic acids is 1. The second-order valence-electron chi connectivity index (χ2n) is 7.86. The number of rotatable bonds is 4. The summed E-state index contributed by atoms with van der Waals surface area (Å²) in [5.74, 6) is -3.08. The Morgan fingerprint density at radius 3 is 2.36 bits per heavy atom. The molecule has 0 spiro atoms. The van der Waals surface area contributed by atoms with Crippen molar-refractivity contribution in [3.8, 4) is 0 Å². The first-order valence-electron chi connectivity index (χ1n) is 10.2. The molecule has 0 radical (unpaired) electrons.